The van der Waals surface area contributed by atoms with Gasteiger partial charge in [-0.15, -0.1) is 10.2 Å². The van der Waals surface area contributed by atoms with Gasteiger partial charge in [-0.3, -0.25) is 9.59 Å². The fourth-order valence-electron chi connectivity index (χ4n) is 4.07. The quantitative estimate of drug-likeness (QED) is 0.479. The molecule has 0 saturated carbocycles. The molecule has 6 nitrogen and oxygen atoms in total. The van der Waals surface area contributed by atoms with E-state index in [1.807, 2.05) is 34.9 Å². The summed E-state index contributed by atoms with van der Waals surface area (Å²) in [6, 6.07) is 12.9. The van der Waals surface area contributed by atoms with E-state index in [9.17, 15) is 14.0 Å². The number of Topliss-reactive ketones (excluding diaryl/α,β-unsaturated/α-hetero) is 2. The molecule has 2 aromatic carbocycles. The Bertz CT molecular complexity index is 1070. The van der Waals surface area contributed by atoms with E-state index >= 15 is 0 Å². The lowest BCUT2D eigenvalue weighted by molar-refractivity contribution is 0.0978. The largest absolute Gasteiger partial charge is 0.486 e. The third-order valence-corrected chi connectivity index (χ3v) is 5.63. The van der Waals surface area contributed by atoms with E-state index < -0.39 is 12.8 Å². The lowest BCUT2D eigenvalue weighted by Gasteiger charge is -2.16. The number of aromatic nitrogens is 3. The van der Waals surface area contributed by atoms with Crippen LogP contribution in [0.1, 0.15) is 63.9 Å². The summed E-state index contributed by atoms with van der Waals surface area (Å²) in [6.45, 7) is 1.71. The molecule has 0 radical (unpaired) electrons. The van der Waals surface area contributed by atoms with Gasteiger partial charge in [0.1, 0.15) is 31.2 Å². The van der Waals surface area contributed by atoms with Crippen LogP contribution in [0.4, 0.5) is 4.39 Å². The number of aryl methyl sites for hydroxylation is 1. The van der Waals surface area contributed by atoms with Gasteiger partial charge in [0, 0.05) is 30.5 Å². The zero-order valence-corrected chi connectivity index (χ0v) is 17.3. The maximum atomic E-state index is 13.9. The molecule has 0 fully saturated rings. The highest BCUT2D eigenvalue weighted by Gasteiger charge is 2.38. The number of carbonyl (C=O) groups is 2. The second-order valence-electron chi connectivity index (χ2n) is 7.64. The molecule has 31 heavy (non-hydrogen) atoms. The van der Waals surface area contributed by atoms with Crippen molar-refractivity contribution in [1.29, 1.82) is 0 Å². The molecule has 0 unspecified atom stereocenters. The predicted octanol–water partition coefficient (Wildman–Crippen LogP) is 4.40. The predicted molar refractivity (Wildman–Crippen MR) is 113 cm³/mol. The van der Waals surface area contributed by atoms with E-state index in [0.29, 0.717) is 41.8 Å². The van der Waals surface area contributed by atoms with Crippen molar-refractivity contribution < 1.29 is 18.7 Å². The molecule has 2 heterocycles. The smallest absolute Gasteiger partial charge is 0.166 e. The number of hydrogen-bond donors (Lipinski definition) is 0. The van der Waals surface area contributed by atoms with Crippen LogP contribution in [0.25, 0.3) is 0 Å². The lowest BCUT2D eigenvalue weighted by atomic mass is 9.85. The van der Waals surface area contributed by atoms with E-state index in [1.165, 1.54) is 0 Å². The second kappa shape index (κ2) is 9.20. The van der Waals surface area contributed by atoms with Crippen LogP contribution in [0.3, 0.4) is 0 Å². The summed E-state index contributed by atoms with van der Waals surface area (Å²) in [6.07, 6.45) is 3.71. The van der Waals surface area contributed by atoms with Crippen molar-refractivity contribution >= 4 is 11.6 Å². The topological polar surface area (TPSA) is 74.1 Å². The highest BCUT2D eigenvalue weighted by Crippen LogP contribution is 2.45. The normalized spacial score (nSPS) is 17.2. The van der Waals surface area contributed by atoms with Gasteiger partial charge in [-0.05, 0) is 24.1 Å². The Morgan fingerprint density at radius 3 is 2.52 bits per heavy atom. The van der Waals surface area contributed by atoms with Crippen LogP contribution in [-0.2, 0) is 6.54 Å². The Kier molecular flexibility index (Phi) is 6.21. The summed E-state index contributed by atoms with van der Waals surface area (Å²) < 4.78 is 21.6. The minimum absolute atomic E-state index is 0.0588. The van der Waals surface area contributed by atoms with Gasteiger partial charge in [-0.1, -0.05) is 37.3 Å². The van der Waals surface area contributed by atoms with Gasteiger partial charge in [-0.25, -0.2) is 4.39 Å². The van der Waals surface area contributed by atoms with Gasteiger partial charge in [0.15, 0.2) is 11.6 Å². The Hall–Kier alpha value is -3.35. The van der Waals surface area contributed by atoms with Crippen LogP contribution in [0.2, 0.25) is 0 Å². The summed E-state index contributed by atoms with van der Waals surface area (Å²) in [5.74, 6) is -0.142. The number of ether oxygens (including phenoxy) is 1. The fraction of sp³-hybridized carbons (Fsp3) is 0.333. The highest BCUT2D eigenvalue weighted by molar-refractivity contribution is 6.04. The number of fused-ring (bicyclic) bond motifs is 1. The Labute approximate surface area is 180 Å². The molecule has 7 heteroatoms. The number of benzene rings is 2. The molecule has 0 spiro atoms. The summed E-state index contributed by atoms with van der Waals surface area (Å²) in [5.41, 5.74) is 2.42. The average Bonchev–Trinajstić information content (AvgIpc) is 3.45. The molecule has 0 bridgehead atoms. The zero-order chi connectivity index (χ0) is 21.8. The minimum Gasteiger partial charge on any atom is -0.486 e. The molecule has 160 valence electrons. The van der Waals surface area contributed by atoms with Crippen LogP contribution in [0.15, 0.2) is 55.1 Å². The number of nitrogens with zero attached hydrogens (tertiary/aromatic N) is 3. The summed E-state index contributed by atoms with van der Waals surface area (Å²) >= 11 is 0. The molecule has 2 atom stereocenters. The summed E-state index contributed by atoms with van der Waals surface area (Å²) in [7, 11) is 0. The van der Waals surface area contributed by atoms with Gasteiger partial charge < -0.3 is 9.30 Å². The van der Waals surface area contributed by atoms with Crippen molar-refractivity contribution in [3.05, 3.63) is 77.4 Å². The van der Waals surface area contributed by atoms with Gasteiger partial charge >= 0.3 is 0 Å². The van der Waals surface area contributed by atoms with Gasteiger partial charge in [0.05, 0.1) is 11.5 Å². The number of carbonyl (C=O) groups excluding carboxylic acids is 2. The number of rotatable bonds is 9. The molecule has 0 N–H and O–H groups in total. The maximum Gasteiger partial charge on any atom is 0.166 e. The first kappa shape index (κ1) is 20.9. The van der Waals surface area contributed by atoms with Crippen molar-refractivity contribution in [2.24, 2.45) is 0 Å². The molecular weight excluding hydrogens is 397 g/mol. The van der Waals surface area contributed by atoms with E-state index in [1.54, 1.807) is 31.7 Å². The molecule has 1 aliphatic heterocycles. The van der Waals surface area contributed by atoms with Crippen LogP contribution in [-0.4, -0.2) is 39.1 Å². The van der Waals surface area contributed by atoms with E-state index in [2.05, 4.69) is 10.2 Å². The Balaban J connectivity index is 1.68. The third-order valence-electron chi connectivity index (χ3n) is 5.63. The average molecular weight is 421 g/mol. The summed E-state index contributed by atoms with van der Waals surface area (Å²) in [4.78, 5) is 25.6. The second-order valence-corrected chi connectivity index (χ2v) is 7.64. The molecule has 0 aliphatic carbocycles. The van der Waals surface area contributed by atoms with Crippen molar-refractivity contribution in [3.8, 4) is 5.75 Å². The third kappa shape index (κ3) is 4.26. The van der Waals surface area contributed by atoms with Crippen LogP contribution >= 0.6 is 0 Å². The number of halogens is 1. The van der Waals surface area contributed by atoms with Crippen LogP contribution < -0.4 is 4.74 Å². The van der Waals surface area contributed by atoms with Gasteiger partial charge in [0.25, 0.3) is 0 Å². The first-order chi connectivity index (χ1) is 15.1. The summed E-state index contributed by atoms with van der Waals surface area (Å²) in [5, 5.41) is 7.51. The molecular formula is C24H24FN3O3. The standard InChI is InChI=1S/C24H24FN3O3/c1-2-20(29)18-11-17(21(30)9-6-10-28-14-26-27-15-28)12-19-23(16-7-4-3-5-8-16)22(13-25)31-24(18)19/h3-5,7-8,11-12,14-15,22-23H,2,6,9-10,13H2,1H3/t22-,23+/m1/s1. The molecule has 1 aromatic heterocycles. The van der Waals surface area contributed by atoms with E-state index in [4.69, 9.17) is 4.74 Å². The monoisotopic (exact) mass is 421 g/mol. The first-order valence-electron chi connectivity index (χ1n) is 10.5. The van der Waals surface area contributed by atoms with Gasteiger partial charge in [0.2, 0.25) is 0 Å². The van der Waals surface area contributed by atoms with Gasteiger partial charge in [-0.2, -0.15) is 0 Å². The van der Waals surface area contributed by atoms with Crippen LogP contribution in [0.5, 0.6) is 5.75 Å². The zero-order valence-electron chi connectivity index (χ0n) is 17.3. The minimum atomic E-state index is -0.722. The molecule has 0 saturated heterocycles. The van der Waals surface area contributed by atoms with Crippen molar-refractivity contribution in [2.75, 3.05) is 6.67 Å². The molecule has 4 rings (SSSR count). The van der Waals surface area contributed by atoms with Crippen molar-refractivity contribution in [3.63, 3.8) is 0 Å². The van der Waals surface area contributed by atoms with E-state index in [0.717, 1.165) is 5.56 Å². The van der Waals surface area contributed by atoms with E-state index in [-0.39, 0.29) is 23.9 Å². The lowest BCUT2D eigenvalue weighted by Crippen LogP contribution is -2.22. The maximum absolute atomic E-state index is 13.9. The molecule has 1 aliphatic rings. The van der Waals surface area contributed by atoms with Crippen LogP contribution in [0, 0.1) is 0 Å². The number of hydrogen-bond acceptors (Lipinski definition) is 5. The Morgan fingerprint density at radius 2 is 1.84 bits per heavy atom. The SMILES string of the molecule is CCC(=O)c1cc(C(=O)CCCn2cnnc2)cc2c1O[C@H](CF)[C@H]2c1ccccc1. The van der Waals surface area contributed by atoms with Crippen molar-refractivity contribution in [2.45, 2.75) is 44.8 Å². The first-order valence-corrected chi connectivity index (χ1v) is 10.5. The number of ketones is 2. The Morgan fingerprint density at radius 1 is 1.10 bits per heavy atom. The highest BCUT2D eigenvalue weighted by atomic mass is 19.1. The number of alkyl halides is 1. The fourth-order valence-corrected chi connectivity index (χ4v) is 4.07. The molecule has 3 aromatic rings. The van der Waals surface area contributed by atoms with Crippen molar-refractivity contribution in [1.82, 2.24) is 14.8 Å². The molecule has 0 amide bonds.